The maximum absolute atomic E-state index is 10.7. The van der Waals surface area contributed by atoms with Crippen LogP contribution in [-0.4, -0.2) is 11.7 Å². The molecular formula is C28H26ClNO. The van der Waals surface area contributed by atoms with Crippen molar-refractivity contribution in [2.24, 2.45) is 0 Å². The molecule has 4 aromatic rings. The second-order valence-electron chi connectivity index (χ2n) is 7.68. The first kappa shape index (κ1) is 21.3. The Hall–Kier alpha value is -2.91. The molecule has 2 N–H and O–H groups in total. The van der Waals surface area contributed by atoms with Crippen molar-refractivity contribution in [3.8, 4) is 0 Å². The van der Waals surface area contributed by atoms with Gasteiger partial charge in [-0.2, -0.15) is 0 Å². The fourth-order valence-corrected chi connectivity index (χ4v) is 3.82. The van der Waals surface area contributed by atoms with Crippen LogP contribution in [0.5, 0.6) is 0 Å². The van der Waals surface area contributed by atoms with Gasteiger partial charge in [0, 0.05) is 18.1 Å². The summed E-state index contributed by atoms with van der Waals surface area (Å²) in [6.07, 6.45) is 2.11. The molecule has 3 heteroatoms. The molecule has 0 radical (unpaired) electrons. The van der Waals surface area contributed by atoms with Crippen LogP contribution in [0.1, 0.15) is 29.2 Å². The van der Waals surface area contributed by atoms with Gasteiger partial charge in [0.2, 0.25) is 0 Å². The summed E-state index contributed by atoms with van der Waals surface area (Å²) in [6.45, 7) is 1.52. The Balaban J connectivity index is 1.54. The normalized spacial score (nSPS) is 12.8. The van der Waals surface area contributed by atoms with Gasteiger partial charge in [-0.1, -0.05) is 96.5 Å². The molecule has 156 valence electrons. The zero-order chi connectivity index (χ0) is 21.5. The van der Waals surface area contributed by atoms with Crippen molar-refractivity contribution in [1.82, 2.24) is 5.32 Å². The molecule has 1 atom stereocenters. The first-order valence-corrected chi connectivity index (χ1v) is 10.9. The van der Waals surface area contributed by atoms with E-state index in [0.29, 0.717) is 11.4 Å². The minimum Gasteiger partial charge on any atom is -0.388 e. The standard InChI is InChI=1S/C28H26ClNO/c29-27-15-12-23(13-16-27)28(31)17-14-26(20-30-19-21-6-2-1-3-7-21)25-11-10-22-8-4-5-9-24(22)18-25/h1-16,18,28,30-31H,17,19-20H2/b26-14+. The van der Waals surface area contributed by atoms with Crippen molar-refractivity contribution in [2.75, 3.05) is 6.54 Å². The van der Waals surface area contributed by atoms with E-state index in [2.05, 4.69) is 78.1 Å². The molecule has 0 bridgehead atoms. The molecule has 2 nitrogen and oxygen atoms in total. The maximum Gasteiger partial charge on any atom is 0.0824 e. The molecule has 0 aliphatic heterocycles. The molecular weight excluding hydrogens is 402 g/mol. The van der Waals surface area contributed by atoms with Crippen LogP contribution in [0.25, 0.3) is 16.3 Å². The number of aliphatic hydroxyl groups excluding tert-OH is 1. The van der Waals surface area contributed by atoms with E-state index in [1.807, 2.05) is 30.3 Å². The second-order valence-corrected chi connectivity index (χ2v) is 8.12. The predicted octanol–water partition coefficient (Wildman–Crippen LogP) is 6.79. The van der Waals surface area contributed by atoms with Gasteiger partial charge in [-0.3, -0.25) is 0 Å². The summed E-state index contributed by atoms with van der Waals surface area (Å²) in [6, 6.07) is 32.7. The number of fused-ring (bicyclic) bond motifs is 1. The molecule has 0 aliphatic carbocycles. The Bertz CT molecular complexity index is 1150. The van der Waals surface area contributed by atoms with Crippen LogP contribution in [0.2, 0.25) is 5.02 Å². The van der Waals surface area contributed by atoms with Gasteiger partial charge in [-0.25, -0.2) is 0 Å². The van der Waals surface area contributed by atoms with Crippen LogP contribution in [-0.2, 0) is 6.54 Å². The average molecular weight is 428 g/mol. The Morgan fingerprint density at radius 3 is 2.32 bits per heavy atom. The van der Waals surface area contributed by atoms with Gasteiger partial charge >= 0.3 is 0 Å². The lowest BCUT2D eigenvalue weighted by atomic mass is 9.98. The van der Waals surface area contributed by atoms with E-state index in [0.717, 1.165) is 18.7 Å². The monoisotopic (exact) mass is 427 g/mol. The average Bonchev–Trinajstić information content (AvgIpc) is 2.82. The summed E-state index contributed by atoms with van der Waals surface area (Å²) >= 11 is 5.98. The molecule has 1 unspecified atom stereocenters. The summed E-state index contributed by atoms with van der Waals surface area (Å²) in [5.41, 5.74) is 4.47. The molecule has 0 saturated carbocycles. The predicted molar refractivity (Wildman–Crippen MR) is 131 cm³/mol. The summed E-state index contributed by atoms with van der Waals surface area (Å²) in [7, 11) is 0. The minimum absolute atomic E-state index is 0.539. The van der Waals surface area contributed by atoms with Crippen LogP contribution < -0.4 is 5.32 Å². The quantitative estimate of drug-likeness (QED) is 0.324. The lowest BCUT2D eigenvalue weighted by molar-refractivity contribution is 0.181. The molecule has 0 amide bonds. The third-order valence-electron chi connectivity index (χ3n) is 5.45. The molecule has 4 rings (SSSR count). The number of hydrogen-bond donors (Lipinski definition) is 2. The van der Waals surface area contributed by atoms with Gasteiger partial charge < -0.3 is 10.4 Å². The minimum atomic E-state index is -0.568. The molecule has 0 heterocycles. The number of hydrogen-bond acceptors (Lipinski definition) is 2. The summed E-state index contributed by atoms with van der Waals surface area (Å²) < 4.78 is 0. The van der Waals surface area contributed by atoms with E-state index < -0.39 is 6.10 Å². The van der Waals surface area contributed by atoms with Gasteiger partial charge in [0.1, 0.15) is 0 Å². The summed E-state index contributed by atoms with van der Waals surface area (Å²) in [4.78, 5) is 0. The molecule has 0 fully saturated rings. The van der Waals surface area contributed by atoms with Crippen LogP contribution in [0.15, 0.2) is 103 Å². The van der Waals surface area contributed by atoms with Gasteiger partial charge in [0.25, 0.3) is 0 Å². The second kappa shape index (κ2) is 10.4. The van der Waals surface area contributed by atoms with Gasteiger partial charge in [-0.15, -0.1) is 0 Å². The van der Waals surface area contributed by atoms with E-state index in [1.54, 1.807) is 0 Å². The van der Waals surface area contributed by atoms with Gasteiger partial charge in [0.15, 0.2) is 0 Å². The molecule has 0 saturated heterocycles. The molecule has 31 heavy (non-hydrogen) atoms. The van der Waals surface area contributed by atoms with Crippen molar-refractivity contribution < 1.29 is 5.11 Å². The molecule has 4 aromatic carbocycles. The molecule has 0 spiro atoms. The largest absolute Gasteiger partial charge is 0.388 e. The van der Waals surface area contributed by atoms with E-state index in [4.69, 9.17) is 11.6 Å². The van der Waals surface area contributed by atoms with Crippen molar-refractivity contribution in [1.29, 1.82) is 0 Å². The number of benzene rings is 4. The smallest absolute Gasteiger partial charge is 0.0824 e. The van der Waals surface area contributed by atoms with Crippen LogP contribution >= 0.6 is 11.6 Å². The number of nitrogens with one attached hydrogen (secondary N) is 1. The SMILES string of the molecule is OC(C/C=C(\CNCc1ccccc1)c1ccc2ccccc2c1)c1ccc(Cl)cc1. The fourth-order valence-electron chi connectivity index (χ4n) is 3.69. The summed E-state index contributed by atoms with van der Waals surface area (Å²) in [5, 5.41) is 17.3. The molecule has 0 aliphatic rings. The Morgan fingerprint density at radius 1 is 0.839 bits per heavy atom. The summed E-state index contributed by atoms with van der Waals surface area (Å²) in [5.74, 6) is 0. The van der Waals surface area contributed by atoms with Crippen molar-refractivity contribution in [2.45, 2.75) is 19.1 Å². The van der Waals surface area contributed by atoms with Gasteiger partial charge in [-0.05, 0) is 57.7 Å². The highest BCUT2D eigenvalue weighted by molar-refractivity contribution is 6.30. The lowest BCUT2D eigenvalue weighted by Gasteiger charge is -2.14. The van der Waals surface area contributed by atoms with Crippen molar-refractivity contribution in [3.05, 3.63) is 125 Å². The zero-order valence-electron chi connectivity index (χ0n) is 17.3. The van der Waals surface area contributed by atoms with Crippen molar-refractivity contribution >= 4 is 27.9 Å². The first-order chi connectivity index (χ1) is 15.2. The third-order valence-corrected chi connectivity index (χ3v) is 5.70. The van der Waals surface area contributed by atoms with E-state index in [-0.39, 0.29) is 0 Å². The topological polar surface area (TPSA) is 32.3 Å². The Morgan fingerprint density at radius 2 is 1.55 bits per heavy atom. The Kier molecular flexibility index (Phi) is 7.16. The highest BCUT2D eigenvalue weighted by Gasteiger charge is 2.09. The maximum atomic E-state index is 10.7. The van der Waals surface area contributed by atoms with E-state index in [9.17, 15) is 5.11 Å². The highest BCUT2D eigenvalue weighted by Crippen LogP contribution is 2.25. The first-order valence-electron chi connectivity index (χ1n) is 10.6. The zero-order valence-corrected chi connectivity index (χ0v) is 18.1. The van der Waals surface area contributed by atoms with E-state index in [1.165, 1.54) is 27.5 Å². The van der Waals surface area contributed by atoms with E-state index >= 15 is 0 Å². The number of rotatable bonds is 8. The van der Waals surface area contributed by atoms with Crippen LogP contribution in [0.3, 0.4) is 0 Å². The van der Waals surface area contributed by atoms with Crippen LogP contribution in [0, 0.1) is 0 Å². The van der Waals surface area contributed by atoms with Crippen molar-refractivity contribution in [3.63, 3.8) is 0 Å². The number of halogens is 1. The number of aliphatic hydroxyl groups is 1. The lowest BCUT2D eigenvalue weighted by Crippen LogP contribution is -2.16. The molecule has 0 aromatic heterocycles. The Labute approximate surface area is 188 Å². The fraction of sp³-hybridized carbons (Fsp3) is 0.143. The van der Waals surface area contributed by atoms with Crippen LogP contribution in [0.4, 0.5) is 0 Å². The van der Waals surface area contributed by atoms with Gasteiger partial charge in [0.05, 0.1) is 6.10 Å². The third kappa shape index (κ3) is 5.83. The highest BCUT2D eigenvalue weighted by atomic mass is 35.5.